The average Bonchev–Trinajstić information content (AvgIpc) is 2.90. The van der Waals surface area contributed by atoms with Crippen LogP contribution in [-0.2, 0) is 6.42 Å². The number of fused-ring (bicyclic) bond motifs is 1. The molecule has 1 heterocycles. The van der Waals surface area contributed by atoms with E-state index in [1.54, 1.807) is 6.33 Å². The maximum Gasteiger partial charge on any atom is 0.0931 e. The summed E-state index contributed by atoms with van der Waals surface area (Å²) in [5.41, 5.74) is 9.58. The number of nitrogens with zero attached hydrogens (tertiary/aromatic N) is 1. The number of nitrogens with one attached hydrogen (secondary N) is 2. The second-order valence-corrected chi connectivity index (χ2v) is 5.04. The van der Waals surface area contributed by atoms with E-state index in [0.29, 0.717) is 0 Å². The molecule has 1 aromatic heterocycles. The Morgan fingerprint density at radius 1 is 1.41 bits per heavy atom. The van der Waals surface area contributed by atoms with E-state index in [1.807, 2.05) is 0 Å². The molecule has 4 N–H and O–H groups in total. The van der Waals surface area contributed by atoms with E-state index >= 15 is 0 Å². The summed E-state index contributed by atoms with van der Waals surface area (Å²) < 4.78 is 0. The number of aromatic amines is 1. The van der Waals surface area contributed by atoms with Gasteiger partial charge in [-0.3, -0.25) is 0 Å². The van der Waals surface area contributed by atoms with Crippen molar-refractivity contribution in [1.29, 1.82) is 0 Å². The van der Waals surface area contributed by atoms with E-state index in [-0.39, 0.29) is 5.54 Å². The molecule has 0 unspecified atom stereocenters. The summed E-state index contributed by atoms with van der Waals surface area (Å²) in [4.78, 5) is 7.34. The number of aromatic nitrogens is 2. The monoisotopic (exact) mass is 230 g/mol. The second-order valence-electron chi connectivity index (χ2n) is 5.04. The summed E-state index contributed by atoms with van der Waals surface area (Å²) in [6.07, 6.45) is 5.10. The van der Waals surface area contributed by atoms with Gasteiger partial charge in [-0.15, -0.1) is 0 Å². The first kappa shape index (κ1) is 10.7. The van der Waals surface area contributed by atoms with Gasteiger partial charge in [-0.2, -0.15) is 0 Å². The van der Waals surface area contributed by atoms with Crippen molar-refractivity contribution in [2.75, 3.05) is 13.1 Å². The average molecular weight is 230 g/mol. The number of imidazole rings is 1. The number of benzene rings is 1. The fourth-order valence-corrected chi connectivity index (χ4v) is 2.05. The Balaban J connectivity index is 1.53. The lowest BCUT2D eigenvalue weighted by atomic mass is 10.1. The second kappa shape index (κ2) is 4.13. The molecule has 0 atom stereocenters. The minimum atomic E-state index is 0.104. The molecule has 4 heteroatoms. The minimum absolute atomic E-state index is 0.104. The third kappa shape index (κ3) is 2.48. The predicted octanol–water partition coefficient (Wildman–Crippen LogP) is 1.19. The summed E-state index contributed by atoms with van der Waals surface area (Å²) in [6.45, 7) is 1.93. The van der Waals surface area contributed by atoms with E-state index in [0.717, 1.165) is 30.5 Å². The third-order valence-corrected chi connectivity index (χ3v) is 3.44. The molecule has 1 aromatic carbocycles. The standard InChI is InChI=1S/C13H18N4/c14-13(4-5-13)8-15-6-3-10-1-2-11-12(7-10)17-9-16-11/h1-2,7,9,15H,3-6,8,14H2,(H,16,17). The van der Waals surface area contributed by atoms with Gasteiger partial charge in [0.15, 0.2) is 0 Å². The van der Waals surface area contributed by atoms with Crippen molar-refractivity contribution < 1.29 is 0 Å². The molecule has 17 heavy (non-hydrogen) atoms. The van der Waals surface area contributed by atoms with Gasteiger partial charge < -0.3 is 16.0 Å². The van der Waals surface area contributed by atoms with Gasteiger partial charge in [0.2, 0.25) is 0 Å². The topological polar surface area (TPSA) is 66.7 Å². The Hall–Kier alpha value is -1.39. The van der Waals surface area contributed by atoms with Crippen LogP contribution in [0.2, 0.25) is 0 Å². The fraction of sp³-hybridized carbons (Fsp3) is 0.462. The van der Waals surface area contributed by atoms with Crippen molar-refractivity contribution in [2.45, 2.75) is 24.8 Å². The van der Waals surface area contributed by atoms with Crippen LogP contribution >= 0.6 is 0 Å². The maximum absolute atomic E-state index is 6.01. The van der Waals surface area contributed by atoms with E-state index in [9.17, 15) is 0 Å². The molecule has 1 aliphatic carbocycles. The van der Waals surface area contributed by atoms with Crippen LogP contribution < -0.4 is 11.1 Å². The molecule has 0 spiro atoms. The zero-order valence-electron chi connectivity index (χ0n) is 9.87. The Kier molecular flexibility index (Phi) is 2.61. The summed E-state index contributed by atoms with van der Waals surface area (Å²) in [5, 5.41) is 3.43. The van der Waals surface area contributed by atoms with E-state index in [4.69, 9.17) is 5.73 Å². The maximum atomic E-state index is 6.01. The van der Waals surface area contributed by atoms with E-state index < -0.39 is 0 Å². The van der Waals surface area contributed by atoms with Crippen LogP contribution in [0.25, 0.3) is 11.0 Å². The molecule has 2 aromatic rings. The third-order valence-electron chi connectivity index (χ3n) is 3.44. The van der Waals surface area contributed by atoms with E-state index in [1.165, 1.54) is 18.4 Å². The van der Waals surface area contributed by atoms with Crippen LogP contribution in [0.3, 0.4) is 0 Å². The van der Waals surface area contributed by atoms with Crippen molar-refractivity contribution >= 4 is 11.0 Å². The molecular weight excluding hydrogens is 212 g/mol. The van der Waals surface area contributed by atoms with Crippen LogP contribution in [0, 0.1) is 0 Å². The molecular formula is C13H18N4. The van der Waals surface area contributed by atoms with Gasteiger partial charge in [0.05, 0.1) is 17.4 Å². The van der Waals surface area contributed by atoms with Gasteiger partial charge in [0, 0.05) is 12.1 Å². The molecule has 1 saturated carbocycles. The van der Waals surface area contributed by atoms with Crippen molar-refractivity contribution in [3.05, 3.63) is 30.1 Å². The Labute approximate surface area is 101 Å². The first-order valence-corrected chi connectivity index (χ1v) is 6.17. The van der Waals surface area contributed by atoms with Gasteiger partial charge in [-0.1, -0.05) is 6.07 Å². The molecule has 0 amide bonds. The Bertz CT molecular complexity index is 513. The molecule has 4 nitrogen and oxygen atoms in total. The lowest BCUT2D eigenvalue weighted by Crippen LogP contribution is -2.36. The zero-order chi connectivity index (χ0) is 11.7. The number of rotatable bonds is 5. The highest BCUT2D eigenvalue weighted by molar-refractivity contribution is 5.75. The molecule has 1 aliphatic rings. The fourth-order valence-electron chi connectivity index (χ4n) is 2.05. The largest absolute Gasteiger partial charge is 0.345 e. The Morgan fingerprint density at radius 3 is 3.12 bits per heavy atom. The summed E-state index contributed by atoms with van der Waals surface area (Å²) in [7, 11) is 0. The molecule has 0 radical (unpaired) electrons. The summed E-state index contributed by atoms with van der Waals surface area (Å²) >= 11 is 0. The molecule has 0 saturated heterocycles. The quantitative estimate of drug-likeness (QED) is 0.676. The number of nitrogens with two attached hydrogens (primary N) is 1. The first-order valence-electron chi connectivity index (χ1n) is 6.17. The number of H-pyrrole nitrogens is 1. The van der Waals surface area contributed by atoms with Gasteiger partial charge in [0.25, 0.3) is 0 Å². The van der Waals surface area contributed by atoms with Crippen LogP contribution in [0.4, 0.5) is 0 Å². The molecule has 1 fully saturated rings. The number of hydrogen-bond acceptors (Lipinski definition) is 3. The SMILES string of the molecule is NC1(CNCCc2ccc3nc[nH]c3c2)CC1. The van der Waals surface area contributed by atoms with Crippen molar-refractivity contribution in [3.63, 3.8) is 0 Å². The normalized spacial score (nSPS) is 17.5. The highest BCUT2D eigenvalue weighted by atomic mass is 15.0. The van der Waals surface area contributed by atoms with Crippen LogP contribution in [-0.4, -0.2) is 28.6 Å². The smallest absolute Gasteiger partial charge is 0.0931 e. The molecule has 0 bridgehead atoms. The first-order chi connectivity index (χ1) is 8.25. The molecule has 90 valence electrons. The Morgan fingerprint density at radius 2 is 2.29 bits per heavy atom. The van der Waals surface area contributed by atoms with E-state index in [2.05, 4.69) is 33.5 Å². The van der Waals surface area contributed by atoms with Gasteiger partial charge in [-0.05, 0) is 43.5 Å². The van der Waals surface area contributed by atoms with Crippen LogP contribution in [0.5, 0.6) is 0 Å². The van der Waals surface area contributed by atoms with Crippen molar-refractivity contribution in [2.24, 2.45) is 5.73 Å². The highest BCUT2D eigenvalue weighted by Crippen LogP contribution is 2.30. The van der Waals surface area contributed by atoms with Crippen LogP contribution in [0.15, 0.2) is 24.5 Å². The molecule has 0 aliphatic heterocycles. The lowest BCUT2D eigenvalue weighted by molar-refractivity contribution is 0.571. The minimum Gasteiger partial charge on any atom is -0.345 e. The highest BCUT2D eigenvalue weighted by Gasteiger charge is 2.37. The summed E-state index contributed by atoms with van der Waals surface area (Å²) in [5.74, 6) is 0. The van der Waals surface area contributed by atoms with Gasteiger partial charge in [-0.25, -0.2) is 4.98 Å². The zero-order valence-corrected chi connectivity index (χ0v) is 9.87. The number of hydrogen-bond donors (Lipinski definition) is 3. The lowest BCUT2D eigenvalue weighted by Gasteiger charge is -2.09. The van der Waals surface area contributed by atoms with Gasteiger partial charge >= 0.3 is 0 Å². The van der Waals surface area contributed by atoms with Crippen LogP contribution in [0.1, 0.15) is 18.4 Å². The molecule has 3 rings (SSSR count). The van der Waals surface area contributed by atoms with Crippen molar-refractivity contribution in [1.82, 2.24) is 15.3 Å². The predicted molar refractivity (Wildman–Crippen MR) is 68.8 cm³/mol. The van der Waals surface area contributed by atoms with Gasteiger partial charge in [0.1, 0.15) is 0 Å². The summed E-state index contributed by atoms with van der Waals surface area (Å²) in [6, 6.07) is 6.37. The van der Waals surface area contributed by atoms with Crippen molar-refractivity contribution in [3.8, 4) is 0 Å².